The van der Waals surface area contributed by atoms with Crippen molar-refractivity contribution < 1.29 is 32.6 Å². The van der Waals surface area contributed by atoms with Gasteiger partial charge in [0.05, 0.1) is 5.57 Å². The number of aliphatic carboxylic acids is 1. The summed E-state index contributed by atoms with van der Waals surface area (Å²) in [4.78, 5) is 28.1. The fraction of sp³-hybridized carbons (Fsp3) is 0.500. The summed E-state index contributed by atoms with van der Waals surface area (Å²) in [7, 11) is 0. The van der Waals surface area contributed by atoms with Crippen LogP contribution in [0.2, 0.25) is 5.02 Å². The minimum absolute atomic E-state index is 0.0246. The fourth-order valence-electron chi connectivity index (χ4n) is 3.39. The van der Waals surface area contributed by atoms with Crippen LogP contribution in [0.4, 0.5) is 13.2 Å². The quantitative estimate of drug-likeness (QED) is 0.243. The van der Waals surface area contributed by atoms with Crippen molar-refractivity contribution in [2.75, 3.05) is 6.54 Å². The lowest BCUT2D eigenvalue weighted by Gasteiger charge is -2.30. The molecule has 0 aromatic heterocycles. The first-order valence-corrected chi connectivity index (χ1v) is 10.9. The number of carboxylic acid groups (broad SMARTS) is 1. The highest BCUT2D eigenvalue weighted by atomic mass is 35.5. The summed E-state index contributed by atoms with van der Waals surface area (Å²) in [5.74, 6) is -2.75. The summed E-state index contributed by atoms with van der Waals surface area (Å²) < 4.78 is 46.6. The number of rotatable bonds is 8. The van der Waals surface area contributed by atoms with Gasteiger partial charge in [0.1, 0.15) is 11.8 Å². The molecule has 188 valence electrons. The molecule has 0 aliphatic carbocycles. The Hall–Kier alpha value is -2.95. The molecule has 1 aromatic rings. The number of benzene rings is 1. The monoisotopic (exact) mass is 504 g/mol. The average Bonchev–Trinajstić information content (AvgIpc) is 2.69. The van der Waals surface area contributed by atoms with Gasteiger partial charge in [-0.25, -0.2) is 4.79 Å². The van der Waals surface area contributed by atoms with Gasteiger partial charge >= 0.3 is 12.1 Å². The van der Waals surface area contributed by atoms with E-state index in [4.69, 9.17) is 27.8 Å². The lowest BCUT2D eigenvalue weighted by Crippen LogP contribution is -2.47. The molecule has 0 radical (unpaired) electrons. The number of unbranched alkanes of at least 4 members (excludes halogenated alkanes) is 1. The second-order valence-electron chi connectivity index (χ2n) is 8.93. The van der Waals surface area contributed by atoms with Crippen LogP contribution in [-0.2, 0) is 15.0 Å². The van der Waals surface area contributed by atoms with Crippen LogP contribution in [0.3, 0.4) is 0 Å². The minimum Gasteiger partial charge on any atom is -0.480 e. The Kier molecular flexibility index (Phi) is 8.46. The van der Waals surface area contributed by atoms with Gasteiger partial charge in [0.2, 0.25) is 6.10 Å². The lowest BCUT2D eigenvalue weighted by molar-refractivity contribution is -0.185. The fourth-order valence-corrected chi connectivity index (χ4v) is 3.84. The number of nitrogens with one attached hydrogen (secondary N) is 1. The van der Waals surface area contributed by atoms with E-state index in [0.717, 1.165) is 6.08 Å². The van der Waals surface area contributed by atoms with E-state index in [1.807, 2.05) is 20.8 Å². The van der Waals surface area contributed by atoms with Gasteiger partial charge in [0.25, 0.3) is 5.91 Å². The Balaban J connectivity index is 2.31. The Bertz CT molecular complexity index is 999. The molecule has 0 fully saturated rings. The van der Waals surface area contributed by atoms with Gasteiger partial charge < -0.3 is 26.6 Å². The molecular formula is C22H28ClF3N4O4. The molecule has 1 heterocycles. The summed E-state index contributed by atoms with van der Waals surface area (Å²) in [6.45, 7) is 5.81. The molecule has 0 saturated carbocycles. The largest absolute Gasteiger partial charge is 0.480 e. The van der Waals surface area contributed by atoms with Gasteiger partial charge in [-0.1, -0.05) is 32.4 Å². The molecule has 2 atom stereocenters. The van der Waals surface area contributed by atoms with E-state index in [1.54, 1.807) is 0 Å². The van der Waals surface area contributed by atoms with Crippen molar-refractivity contribution in [3.63, 3.8) is 0 Å². The number of carbonyl (C=O) groups is 2. The number of hydrogen-bond donors (Lipinski definition) is 4. The van der Waals surface area contributed by atoms with E-state index >= 15 is 0 Å². The summed E-state index contributed by atoms with van der Waals surface area (Å²) >= 11 is 6.32. The minimum atomic E-state index is -4.92. The third-order valence-corrected chi connectivity index (χ3v) is 5.42. The molecule has 34 heavy (non-hydrogen) atoms. The van der Waals surface area contributed by atoms with Crippen molar-refractivity contribution in [1.29, 1.82) is 0 Å². The van der Waals surface area contributed by atoms with Crippen LogP contribution in [0.25, 0.3) is 6.08 Å². The molecule has 1 amide bonds. The van der Waals surface area contributed by atoms with E-state index in [-0.39, 0.29) is 30.2 Å². The van der Waals surface area contributed by atoms with Crippen LogP contribution in [0.15, 0.2) is 22.7 Å². The van der Waals surface area contributed by atoms with Gasteiger partial charge in [-0.05, 0) is 48.4 Å². The summed E-state index contributed by atoms with van der Waals surface area (Å²) in [6, 6.07) is 1.45. The van der Waals surface area contributed by atoms with Gasteiger partial charge in [-0.2, -0.15) is 13.2 Å². The maximum Gasteiger partial charge on any atom is 0.429 e. The Morgan fingerprint density at radius 1 is 1.24 bits per heavy atom. The van der Waals surface area contributed by atoms with Crippen molar-refractivity contribution in [3.05, 3.63) is 33.9 Å². The number of nitrogens with two attached hydrogens (primary N) is 2. The molecule has 8 nitrogen and oxygen atoms in total. The normalized spacial score (nSPS) is 16.6. The molecule has 0 spiro atoms. The number of nitrogens with zero attached hydrogens (tertiary/aromatic N) is 1. The third-order valence-electron chi connectivity index (χ3n) is 5.10. The van der Waals surface area contributed by atoms with Crippen LogP contribution >= 0.6 is 11.6 Å². The first-order valence-electron chi connectivity index (χ1n) is 10.5. The summed E-state index contributed by atoms with van der Waals surface area (Å²) in [5.41, 5.74) is 9.98. The number of hydrogen-bond acceptors (Lipinski definition) is 4. The highest BCUT2D eigenvalue weighted by Gasteiger charge is 2.48. The SMILES string of the molecule is CC(C)(C)c1cc2c(cc1Cl)C=C(C(=O)NC(CCCCN=C(N)N)C(=O)O)[C@@H](C(F)(F)F)O2. The maximum atomic E-state index is 13.8. The smallest absolute Gasteiger partial charge is 0.429 e. The Morgan fingerprint density at radius 3 is 2.41 bits per heavy atom. The number of amides is 1. The molecule has 0 bridgehead atoms. The van der Waals surface area contributed by atoms with Gasteiger partial charge in [-0.3, -0.25) is 9.79 Å². The second-order valence-corrected chi connectivity index (χ2v) is 9.33. The number of guanidine groups is 1. The van der Waals surface area contributed by atoms with Crippen molar-refractivity contribution in [2.24, 2.45) is 16.5 Å². The predicted octanol–water partition coefficient (Wildman–Crippen LogP) is 3.36. The molecule has 1 aliphatic heterocycles. The predicted molar refractivity (Wildman–Crippen MR) is 123 cm³/mol. The van der Waals surface area contributed by atoms with Crippen LogP contribution in [0.1, 0.15) is 51.2 Å². The molecule has 2 rings (SSSR count). The van der Waals surface area contributed by atoms with E-state index in [1.165, 1.54) is 12.1 Å². The zero-order chi connectivity index (χ0) is 25.8. The molecule has 1 aromatic carbocycles. The molecule has 0 saturated heterocycles. The van der Waals surface area contributed by atoms with Crippen LogP contribution in [-0.4, -0.2) is 47.8 Å². The van der Waals surface area contributed by atoms with E-state index in [9.17, 15) is 27.9 Å². The number of ether oxygens (including phenoxy) is 1. The van der Waals surface area contributed by atoms with Crippen molar-refractivity contribution in [2.45, 2.75) is 63.8 Å². The molecular weight excluding hydrogens is 477 g/mol. The first-order chi connectivity index (χ1) is 15.6. The number of carboxylic acids is 1. The highest BCUT2D eigenvalue weighted by Crippen LogP contribution is 2.42. The van der Waals surface area contributed by atoms with Crippen molar-refractivity contribution in [1.82, 2.24) is 5.32 Å². The van der Waals surface area contributed by atoms with Gasteiger partial charge in [0, 0.05) is 17.1 Å². The third kappa shape index (κ3) is 7.02. The number of alkyl halides is 3. The molecule has 12 heteroatoms. The van der Waals surface area contributed by atoms with Crippen LogP contribution in [0, 0.1) is 0 Å². The zero-order valence-electron chi connectivity index (χ0n) is 19.0. The Labute approximate surface area is 200 Å². The van der Waals surface area contributed by atoms with Crippen LogP contribution < -0.4 is 21.5 Å². The number of fused-ring (bicyclic) bond motifs is 1. The maximum absolute atomic E-state index is 13.8. The molecule has 6 N–H and O–H groups in total. The van der Waals surface area contributed by atoms with E-state index in [0.29, 0.717) is 23.4 Å². The van der Waals surface area contributed by atoms with E-state index in [2.05, 4.69) is 10.3 Å². The average molecular weight is 505 g/mol. The topological polar surface area (TPSA) is 140 Å². The number of halogens is 4. The molecule has 1 unspecified atom stereocenters. The van der Waals surface area contributed by atoms with Crippen molar-refractivity contribution >= 4 is 35.5 Å². The van der Waals surface area contributed by atoms with Crippen LogP contribution in [0.5, 0.6) is 5.75 Å². The van der Waals surface area contributed by atoms with Gasteiger partial charge in [-0.15, -0.1) is 0 Å². The number of carbonyl (C=O) groups excluding carboxylic acids is 1. The zero-order valence-corrected chi connectivity index (χ0v) is 19.8. The summed E-state index contributed by atoms with van der Waals surface area (Å²) in [5, 5.41) is 11.9. The lowest BCUT2D eigenvalue weighted by atomic mass is 9.85. The standard InChI is InChI=1S/C22H28ClF3N4O4/c1-21(2,3)13-10-16-11(9-14(13)23)8-12(17(34-16)22(24,25)26)18(31)30-15(19(32)33)6-4-5-7-29-20(27)28/h8-10,15,17H,4-7H2,1-3H3,(H,30,31)(H,32,33)(H4,27,28,29)/t15?,17-/m0/s1. The van der Waals surface area contributed by atoms with Gasteiger partial charge in [0.15, 0.2) is 5.96 Å². The first kappa shape index (κ1) is 27.3. The van der Waals surface area contributed by atoms with E-state index < -0.39 is 41.2 Å². The number of aliphatic imine (C=N–C) groups is 1. The second kappa shape index (κ2) is 10.5. The highest BCUT2D eigenvalue weighted by molar-refractivity contribution is 6.31. The van der Waals surface area contributed by atoms with Crippen molar-refractivity contribution in [3.8, 4) is 5.75 Å². The Morgan fingerprint density at radius 2 is 1.88 bits per heavy atom. The summed E-state index contributed by atoms with van der Waals surface area (Å²) in [6.07, 6.45) is -5.73. The molecule has 1 aliphatic rings.